The fourth-order valence-corrected chi connectivity index (χ4v) is 5.37. The Morgan fingerprint density at radius 3 is 2.20 bits per heavy atom. The third-order valence-electron chi connectivity index (χ3n) is 6.24. The van der Waals surface area contributed by atoms with Crippen molar-refractivity contribution >= 4 is 50.1 Å². The molecule has 1 atom stereocenters. The van der Waals surface area contributed by atoms with Crippen molar-refractivity contribution in [2.75, 3.05) is 30.8 Å². The van der Waals surface area contributed by atoms with Crippen molar-refractivity contribution in [1.29, 1.82) is 0 Å². The SMILES string of the molecule is COc1cccc(CN(C(=O)CN(c2ccc(I)cc2)S(C)(=O)=O)[C@H](Cc2ccccc2)C(=O)NCC(C)C)c1. The van der Waals surface area contributed by atoms with Crippen molar-refractivity contribution in [1.82, 2.24) is 10.2 Å². The first-order chi connectivity index (χ1) is 19.0. The van der Waals surface area contributed by atoms with Crippen molar-refractivity contribution < 1.29 is 22.7 Å². The third-order valence-corrected chi connectivity index (χ3v) is 8.10. The van der Waals surface area contributed by atoms with Gasteiger partial charge in [-0.05, 0) is 76.0 Å². The van der Waals surface area contributed by atoms with E-state index >= 15 is 0 Å². The van der Waals surface area contributed by atoms with E-state index in [2.05, 4.69) is 27.9 Å². The summed E-state index contributed by atoms with van der Waals surface area (Å²) in [5.74, 6) is 0.0391. The molecule has 0 radical (unpaired) electrons. The summed E-state index contributed by atoms with van der Waals surface area (Å²) in [6.45, 7) is 4.08. The topological polar surface area (TPSA) is 96.0 Å². The number of benzene rings is 3. The number of nitrogens with zero attached hydrogens (tertiary/aromatic N) is 2. The van der Waals surface area contributed by atoms with E-state index in [1.807, 2.05) is 56.3 Å². The van der Waals surface area contributed by atoms with Crippen LogP contribution < -0.4 is 14.4 Å². The monoisotopic (exact) mass is 677 g/mol. The van der Waals surface area contributed by atoms with E-state index in [1.54, 1.807) is 43.5 Å². The van der Waals surface area contributed by atoms with E-state index in [0.29, 0.717) is 18.0 Å². The van der Waals surface area contributed by atoms with Gasteiger partial charge in [0.2, 0.25) is 21.8 Å². The molecule has 0 saturated carbocycles. The number of rotatable bonds is 13. The van der Waals surface area contributed by atoms with Gasteiger partial charge >= 0.3 is 0 Å². The number of amides is 2. The molecule has 40 heavy (non-hydrogen) atoms. The number of anilines is 1. The van der Waals surface area contributed by atoms with Gasteiger partial charge in [0.05, 0.1) is 19.1 Å². The number of ether oxygens (including phenoxy) is 1. The van der Waals surface area contributed by atoms with Crippen LogP contribution in [0.1, 0.15) is 25.0 Å². The molecule has 0 spiro atoms. The molecule has 10 heteroatoms. The summed E-state index contributed by atoms with van der Waals surface area (Å²) in [6, 6.07) is 22.8. The maximum atomic E-state index is 14.1. The zero-order valence-electron chi connectivity index (χ0n) is 23.2. The van der Waals surface area contributed by atoms with E-state index < -0.39 is 28.5 Å². The van der Waals surface area contributed by atoms with Crippen molar-refractivity contribution in [2.24, 2.45) is 5.92 Å². The van der Waals surface area contributed by atoms with E-state index in [-0.39, 0.29) is 24.8 Å². The summed E-state index contributed by atoms with van der Waals surface area (Å²) in [5, 5.41) is 2.98. The second kappa shape index (κ2) is 14.5. The molecule has 3 aromatic rings. The molecule has 0 aliphatic rings. The summed E-state index contributed by atoms with van der Waals surface area (Å²) in [4.78, 5) is 29.2. The molecule has 2 amide bonds. The maximum Gasteiger partial charge on any atom is 0.244 e. The van der Waals surface area contributed by atoms with Crippen LogP contribution in [0, 0.1) is 9.49 Å². The summed E-state index contributed by atoms with van der Waals surface area (Å²) < 4.78 is 33.1. The summed E-state index contributed by atoms with van der Waals surface area (Å²) >= 11 is 2.14. The highest BCUT2D eigenvalue weighted by atomic mass is 127. The Balaban J connectivity index is 2.05. The number of halogens is 1. The molecule has 214 valence electrons. The van der Waals surface area contributed by atoms with Gasteiger partial charge in [0.25, 0.3) is 0 Å². The van der Waals surface area contributed by atoms with Crippen LogP contribution in [0.15, 0.2) is 78.9 Å². The number of methoxy groups -OCH3 is 1. The summed E-state index contributed by atoms with van der Waals surface area (Å²) in [7, 11) is -2.25. The van der Waals surface area contributed by atoms with Gasteiger partial charge in [-0.3, -0.25) is 13.9 Å². The predicted octanol–water partition coefficient (Wildman–Crippen LogP) is 4.48. The molecule has 0 bridgehead atoms. The van der Waals surface area contributed by atoms with Gasteiger partial charge in [-0.2, -0.15) is 0 Å². The van der Waals surface area contributed by atoms with Crippen LogP contribution in [0.3, 0.4) is 0 Å². The Morgan fingerprint density at radius 1 is 0.950 bits per heavy atom. The van der Waals surface area contributed by atoms with Gasteiger partial charge in [0, 0.05) is 23.1 Å². The fourth-order valence-electron chi connectivity index (χ4n) is 4.17. The number of carbonyl (C=O) groups excluding carboxylic acids is 2. The van der Waals surface area contributed by atoms with Crippen LogP contribution in [-0.4, -0.2) is 57.6 Å². The molecule has 0 fully saturated rings. The lowest BCUT2D eigenvalue weighted by atomic mass is 10.0. The first-order valence-electron chi connectivity index (χ1n) is 12.9. The number of sulfonamides is 1. The highest BCUT2D eigenvalue weighted by Crippen LogP contribution is 2.22. The van der Waals surface area contributed by atoms with Crippen molar-refractivity contribution in [2.45, 2.75) is 32.9 Å². The van der Waals surface area contributed by atoms with Crippen molar-refractivity contribution in [3.63, 3.8) is 0 Å². The van der Waals surface area contributed by atoms with Crippen LogP contribution >= 0.6 is 22.6 Å². The second-order valence-corrected chi connectivity index (χ2v) is 13.1. The molecule has 0 aliphatic carbocycles. The molecule has 0 aromatic heterocycles. The Kier molecular flexibility index (Phi) is 11.4. The molecule has 8 nitrogen and oxygen atoms in total. The molecule has 0 heterocycles. The Bertz CT molecular complexity index is 1380. The molecule has 0 unspecified atom stereocenters. The Labute approximate surface area is 250 Å². The molecule has 0 saturated heterocycles. The highest BCUT2D eigenvalue weighted by molar-refractivity contribution is 14.1. The van der Waals surface area contributed by atoms with Gasteiger partial charge in [-0.1, -0.05) is 56.3 Å². The standard InChI is InChI=1S/C30H36IN3O5S/c1-22(2)19-32-30(36)28(18-23-9-6-5-7-10-23)33(20-24-11-8-12-27(17-24)39-3)29(35)21-34(40(4,37)38)26-15-13-25(31)14-16-26/h5-17,22,28H,18-21H2,1-4H3,(H,32,36)/t28-/m1/s1. The van der Waals surface area contributed by atoms with E-state index in [9.17, 15) is 18.0 Å². The average Bonchev–Trinajstić information content (AvgIpc) is 2.92. The minimum atomic E-state index is -3.81. The third kappa shape index (κ3) is 9.22. The van der Waals surface area contributed by atoms with Gasteiger partial charge in [-0.25, -0.2) is 8.42 Å². The lowest BCUT2D eigenvalue weighted by Gasteiger charge is -2.33. The quantitative estimate of drug-likeness (QED) is 0.270. The average molecular weight is 678 g/mol. The number of hydrogen-bond donors (Lipinski definition) is 1. The molecular weight excluding hydrogens is 641 g/mol. The zero-order valence-corrected chi connectivity index (χ0v) is 26.2. The van der Waals surface area contributed by atoms with Crippen LogP contribution in [0.2, 0.25) is 0 Å². The second-order valence-electron chi connectivity index (χ2n) is 9.96. The normalized spacial score (nSPS) is 12.1. The van der Waals surface area contributed by atoms with Crippen molar-refractivity contribution in [3.05, 3.63) is 93.6 Å². The number of nitrogens with one attached hydrogen (secondary N) is 1. The van der Waals surface area contributed by atoms with E-state index in [4.69, 9.17) is 4.74 Å². The lowest BCUT2D eigenvalue weighted by Crippen LogP contribution is -2.53. The number of carbonyl (C=O) groups is 2. The van der Waals surface area contributed by atoms with E-state index in [1.165, 1.54) is 4.90 Å². The van der Waals surface area contributed by atoms with E-state index in [0.717, 1.165) is 25.3 Å². The fraction of sp³-hybridized carbons (Fsp3) is 0.333. The largest absolute Gasteiger partial charge is 0.497 e. The van der Waals surface area contributed by atoms with Gasteiger partial charge in [0.15, 0.2) is 0 Å². The first-order valence-corrected chi connectivity index (χ1v) is 15.9. The van der Waals surface area contributed by atoms with Gasteiger partial charge < -0.3 is 15.0 Å². The Morgan fingerprint density at radius 2 is 1.60 bits per heavy atom. The van der Waals surface area contributed by atoms with Crippen LogP contribution in [0.5, 0.6) is 5.75 Å². The minimum absolute atomic E-state index is 0.0902. The molecular formula is C30H36IN3O5S. The highest BCUT2D eigenvalue weighted by Gasteiger charge is 2.33. The first kappa shape index (κ1) is 31.4. The molecule has 3 rings (SSSR count). The zero-order chi connectivity index (χ0) is 29.3. The predicted molar refractivity (Wildman–Crippen MR) is 167 cm³/mol. The van der Waals surface area contributed by atoms with Gasteiger partial charge in [-0.15, -0.1) is 0 Å². The van der Waals surface area contributed by atoms with Crippen LogP contribution in [0.4, 0.5) is 5.69 Å². The smallest absolute Gasteiger partial charge is 0.244 e. The maximum absolute atomic E-state index is 14.1. The molecule has 1 N–H and O–H groups in total. The summed E-state index contributed by atoms with van der Waals surface area (Å²) in [5.41, 5.74) is 2.01. The lowest BCUT2D eigenvalue weighted by molar-refractivity contribution is -0.140. The molecule has 0 aliphatic heterocycles. The summed E-state index contributed by atoms with van der Waals surface area (Å²) in [6.07, 6.45) is 1.34. The minimum Gasteiger partial charge on any atom is -0.497 e. The van der Waals surface area contributed by atoms with Gasteiger partial charge in [0.1, 0.15) is 18.3 Å². The Hall–Kier alpha value is -3.12. The van der Waals surface area contributed by atoms with Crippen LogP contribution in [0.25, 0.3) is 0 Å². The van der Waals surface area contributed by atoms with Crippen molar-refractivity contribution in [3.8, 4) is 5.75 Å². The van der Waals surface area contributed by atoms with Crippen LogP contribution in [-0.2, 0) is 32.6 Å². The molecule has 3 aromatic carbocycles. The number of hydrogen-bond acceptors (Lipinski definition) is 5.